The molecule has 2 aromatic carbocycles. The molecule has 0 spiro atoms. The molecule has 0 aliphatic rings. The van der Waals surface area contributed by atoms with Crippen molar-refractivity contribution in [2.24, 2.45) is 0 Å². The van der Waals surface area contributed by atoms with E-state index in [2.05, 4.69) is 9.71 Å². The number of nitriles is 1. The van der Waals surface area contributed by atoms with Gasteiger partial charge in [-0.25, -0.2) is 22.6 Å². The van der Waals surface area contributed by atoms with Crippen LogP contribution in [0.15, 0.2) is 65.6 Å². The fourth-order valence-corrected chi connectivity index (χ4v) is 3.97. The Bertz CT molecular complexity index is 1290. The van der Waals surface area contributed by atoms with Crippen LogP contribution in [0.5, 0.6) is 5.88 Å². The molecule has 0 unspecified atom stereocenters. The first-order valence-corrected chi connectivity index (χ1v) is 11.9. The lowest BCUT2D eigenvalue weighted by molar-refractivity contribution is -0.146. The number of benzene rings is 2. The van der Waals surface area contributed by atoms with E-state index < -0.39 is 28.4 Å². The smallest absolute Gasteiger partial charge is 0.344 e. The Kier molecular flexibility index (Phi) is 8.16. The first-order chi connectivity index (χ1) is 16.3. The van der Waals surface area contributed by atoms with Crippen LogP contribution in [0.1, 0.15) is 25.3 Å². The van der Waals surface area contributed by atoms with Crippen molar-refractivity contribution in [1.29, 1.82) is 5.26 Å². The number of nitrogens with one attached hydrogen (secondary N) is 1. The number of esters is 1. The number of unbranched alkanes of at least 4 members (excludes halogenated alkanes) is 1. The second-order valence-electron chi connectivity index (χ2n) is 7.14. The summed E-state index contributed by atoms with van der Waals surface area (Å²) in [5.41, 5.74) is 0.350. The summed E-state index contributed by atoms with van der Waals surface area (Å²) >= 11 is 0. The second kappa shape index (κ2) is 11.2. The van der Waals surface area contributed by atoms with Crippen LogP contribution in [0.3, 0.4) is 0 Å². The molecule has 0 amide bonds. The average Bonchev–Trinajstić information content (AvgIpc) is 2.84. The Balaban J connectivity index is 1.99. The Morgan fingerprint density at radius 2 is 1.85 bits per heavy atom. The Morgan fingerprint density at radius 1 is 1.15 bits per heavy atom. The molecule has 0 saturated heterocycles. The van der Waals surface area contributed by atoms with Gasteiger partial charge in [-0.15, -0.1) is 0 Å². The highest BCUT2D eigenvalue weighted by molar-refractivity contribution is 7.92. The van der Waals surface area contributed by atoms with Gasteiger partial charge in [0.15, 0.2) is 6.61 Å². The van der Waals surface area contributed by atoms with Gasteiger partial charge in [-0.1, -0.05) is 31.5 Å². The third-order valence-electron chi connectivity index (χ3n) is 4.61. The van der Waals surface area contributed by atoms with Crippen molar-refractivity contribution in [1.82, 2.24) is 4.98 Å². The zero-order chi connectivity index (χ0) is 24.6. The van der Waals surface area contributed by atoms with Crippen LogP contribution in [0.2, 0.25) is 0 Å². The SMILES string of the molecule is CCCCOC(=O)COc1nc(-c2ccc(F)cc2)c(NS(=O)(=O)c2ccccc2)cc1C#N. The lowest BCUT2D eigenvalue weighted by Gasteiger charge is -2.15. The Hall–Kier alpha value is -3.97. The molecule has 1 N–H and O–H groups in total. The van der Waals surface area contributed by atoms with E-state index in [0.717, 1.165) is 6.42 Å². The van der Waals surface area contributed by atoms with Gasteiger partial charge >= 0.3 is 5.97 Å². The van der Waals surface area contributed by atoms with E-state index in [1.165, 1.54) is 42.5 Å². The van der Waals surface area contributed by atoms with E-state index in [-0.39, 0.29) is 34.3 Å². The van der Waals surface area contributed by atoms with Crippen LogP contribution in [-0.4, -0.2) is 32.6 Å². The number of anilines is 1. The summed E-state index contributed by atoms with van der Waals surface area (Å²) in [4.78, 5) is 16.2. The summed E-state index contributed by atoms with van der Waals surface area (Å²) in [7, 11) is -4.02. The molecule has 1 aromatic heterocycles. The number of hydrogen-bond acceptors (Lipinski definition) is 7. The summed E-state index contributed by atoms with van der Waals surface area (Å²) in [5, 5.41) is 9.58. The monoisotopic (exact) mass is 483 g/mol. The molecule has 0 aliphatic carbocycles. The average molecular weight is 484 g/mol. The van der Waals surface area contributed by atoms with Crippen molar-refractivity contribution in [3.05, 3.63) is 72.0 Å². The van der Waals surface area contributed by atoms with Gasteiger partial charge in [-0.3, -0.25) is 4.72 Å². The first kappa shape index (κ1) is 24.7. The van der Waals surface area contributed by atoms with Crippen LogP contribution in [0, 0.1) is 17.1 Å². The van der Waals surface area contributed by atoms with Gasteiger partial charge in [0.25, 0.3) is 10.0 Å². The summed E-state index contributed by atoms with van der Waals surface area (Å²) in [6, 6.07) is 16.0. The lowest BCUT2D eigenvalue weighted by atomic mass is 10.1. The number of carbonyl (C=O) groups is 1. The van der Waals surface area contributed by atoms with Crippen molar-refractivity contribution in [3.8, 4) is 23.2 Å². The van der Waals surface area contributed by atoms with Crippen LogP contribution in [0.25, 0.3) is 11.3 Å². The third-order valence-corrected chi connectivity index (χ3v) is 5.99. The van der Waals surface area contributed by atoms with Gasteiger partial charge in [0.1, 0.15) is 17.4 Å². The lowest BCUT2D eigenvalue weighted by Crippen LogP contribution is -2.17. The number of hydrogen-bond donors (Lipinski definition) is 1. The highest BCUT2D eigenvalue weighted by Crippen LogP contribution is 2.33. The number of sulfonamides is 1. The van der Waals surface area contributed by atoms with Crippen LogP contribution < -0.4 is 9.46 Å². The van der Waals surface area contributed by atoms with E-state index >= 15 is 0 Å². The number of aromatic nitrogens is 1. The zero-order valence-electron chi connectivity index (χ0n) is 18.3. The van der Waals surface area contributed by atoms with E-state index in [9.17, 15) is 22.9 Å². The minimum absolute atomic E-state index is 0.00807. The maximum Gasteiger partial charge on any atom is 0.344 e. The predicted molar refractivity (Wildman–Crippen MR) is 123 cm³/mol. The Morgan fingerprint density at radius 3 is 2.50 bits per heavy atom. The molecule has 0 saturated carbocycles. The standard InChI is InChI=1S/C24H22FN3O5S/c1-2-3-13-32-22(29)16-33-24-18(15-26)14-21(23(27-24)17-9-11-19(25)12-10-17)28-34(30,31)20-7-5-4-6-8-20/h4-12,14,28H,2-3,13,16H2,1H3. The fourth-order valence-electron chi connectivity index (χ4n) is 2.89. The summed E-state index contributed by atoms with van der Waals surface area (Å²) in [6.07, 6.45) is 1.56. The summed E-state index contributed by atoms with van der Waals surface area (Å²) in [5.74, 6) is -1.30. The molecule has 34 heavy (non-hydrogen) atoms. The van der Waals surface area contributed by atoms with E-state index in [1.807, 2.05) is 13.0 Å². The minimum atomic E-state index is -4.02. The molecule has 176 valence electrons. The number of nitrogens with zero attached hydrogens (tertiary/aromatic N) is 2. The van der Waals surface area contributed by atoms with Crippen molar-refractivity contribution >= 4 is 21.7 Å². The molecular formula is C24H22FN3O5S. The van der Waals surface area contributed by atoms with Crippen molar-refractivity contribution in [2.75, 3.05) is 17.9 Å². The number of pyridine rings is 1. The topological polar surface area (TPSA) is 118 Å². The molecule has 3 rings (SSSR count). The molecule has 0 aliphatic heterocycles. The molecule has 0 fully saturated rings. The van der Waals surface area contributed by atoms with Gasteiger partial charge in [-0.05, 0) is 48.9 Å². The largest absolute Gasteiger partial charge is 0.465 e. The van der Waals surface area contributed by atoms with Crippen LogP contribution in [0.4, 0.5) is 10.1 Å². The molecular weight excluding hydrogens is 461 g/mol. The number of rotatable bonds is 10. The van der Waals surface area contributed by atoms with Crippen molar-refractivity contribution in [3.63, 3.8) is 0 Å². The first-order valence-electron chi connectivity index (χ1n) is 10.4. The molecule has 0 atom stereocenters. The fraction of sp³-hybridized carbons (Fsp3) is 0.208. The van der Waals surface area contributed by atoms with Crippen molar-refractivity contribution in [2.45, 2.75) is 24.7 Å². The summed E-state index contributed by atoms with van der Waals surface area (Å²) < 4.78 is 52.1. The van der Waals surface area contributed by atoms with Crippen molar-refractivity contribution < 1.29 is 27.1 Å². The van der Waals surface area contributed by atoms with Gasteiger partial charge in [0, 0.05) is 5.56 Å². The van der Waals surface area contributed by atoms with E-state index in [0.29, 0.717) is 12.0 Å². The van der Waals surface area contributed by atoms with Crippen LogP contribution >= 0.6 is 0 Å². The van der Waals surface area contributed by atoms with Crippen LogP contribution in [-0.2, 0) is 19.6 Å². The maximum absolute atomic E-state index is 13.5. The number of ether oxygens (including phenoxy) is 2. The molecule has 3 aromatic rings. The number of carbonyl (C=O) groups excluding carboxylic acids is 1. The molecule has 0 radical (unpaired) electrons. The number of halogens is 1. The van der Waals surface area contributed by atoms with Gasteiger partial charge in [0.2, 0.25) is 5.88 Å². The highest BCUT2D eigenvalue weighted by Gasteiger charge is 2.21. The molecule has 10 heteroatoms. The predicted octanol–water partition coefficient (Wildman–Crippen LogP) is 4.28. The molecule has 0 bridgehead atoms. The maximum atomic E-state index is 13.5. The molecule has 8 nitrogen and oxygen atoms in total. The quantitative estimate of drug-likeness (QED) is 0.338. The van der Waals surface area contributed by atoms with E-state index in [1.54, 1.807) is 18.2 Å². The second-order valence-corrected chi connectivity index (χ2v) is 8.82. The van der Waals surface area contributed by atoms with E-state index in [4.69, 9.17) is 9.47 Å². The van der Waals surface area contributed by atoms with Gasteiger partial charge in [-0.2, -0.15) is 5.26 Å². The zero-order valence-corrected chi connectivity index (χ0v) is 19.1. The minimum Gasteiger partial charge on any atom is -0.465 e. The highest BCUT2D eigenvalue weighted by atomic mass is 32.2. The van der Waals surface area contributed by atoms with Gasteiger partial charge in [0.05, 0.1) is 22.9 Å². The summed E-state index contributed by atoms with van der Waals surface area (Å²) in [6.45, 7) is 1.72. The van der Waals surface area contributed by atoms with Gasteiger partial charge < -0.3 is 9.47 Å². The third kappa shape index (κ3) is 6.30. The Labute approximate surface area is 197 Å². The normalized spacial score (nSPS) is 10.9. The molecule has 1 heterocycles.